The highest BCUT2D eigenvalue weighted by Crippen LogP contribution is 2.27. The van der Waals surface area contributed by atoms with Crippen molar-refractivity contribution in [1.29, 1.82) is 0 Å². The second-order valence-electron chi connectivity index (χ2n) is 5.23. The smallest absolute Gasteiger partial charge is 0.308 e. The first-order chi connectivity index (χ1) is 7.47. The average molecular weight is 244 g/mol. The molecule has 3 nitrogen and oxygen atoms in total. The zero-order valence-corrected chi connectivity index (χ0v) is 11.9. The summed E-state index contributed by atoms with van der Waals surface area (Å²) in [7, 11) is -0.212. The molecule has 1 saturated carbocycles. The fourth-order valence-electron chi connectivity index (χ4n) is 1.91. The van der Waals surface area contributed by atoms with Crippen molar-refractivity contribution in [2.75, 3.05) is 7.11 Å². The van der Waals surface area contributed by atoms with Gasteiger partial charge in [-0.2, -0.15) is 0 Å². The Balaban J connectivity index is 2.44. The molecule has 4 heteroatoms. The molecule has 0 spiro atoms. The van der Waals surface area contributed by atoms with Crippen molar-refractivity contribution >= 4 is 14.3 Å². The van der Waals surface area contributed by atoms with Crippen LogP contribution in [0, 0.1) is 0 Å². The highest BCUT2D eigenvalue weighted by atomic mass is 28.4. The average Bonchev–Trinajstić information content (AvgIpc) is 2.29. The topological polar surface area (TPSA) is 35.5 Å². The van der Waals surface area contributed by atoms with Crippen LogP contribution in [0.3, 0.4) is 0 Å². The van der Waals surface area contributed by atoms with Crippen LogP contribution in [-0.4, -0.2) is 27.5 Å². The lowest BCUT2D eigenvalue weighted by Gasteiger charge is -2.29. The van der Waals surface area contributed by atoms with E-state index < -0.39 is 8.32 Å². The van der Waals surface area contributed by atoms with Gasteiger partial charge in [-0.1, -0.05) is 13.3 Å². The molecule has 1 atom stereocenters. The molecule has 1 rings (SSSR count). The first-order valence-corrected chi connectivity index (χ1v) is 9.21. The fourth-order valence-corrected chi connectivity index (χ4v) is 2.90. The van der Waals surface area contributed by atoms with Crippen LogP contribution in [0.1, 0.15) is 39.0 Å². The van der Waals surface area contributed by atoms with Gasteiger partial charge in [-0.05, 0) is 38.8 Å². The number of carbonyl (C=O) groups is 1. The molecule has 1 fully saturated rings. The summed E-state index contributed by atoms with van der Waals surface area (Å²) in [6.45, 7) is 6.04. The molecule has 0 bridgehead atoms. The Morgan fingerprint density at radius 1 is 1.25 bits per heavy atom. The van der Waals surface area contributed by atoms with E-state index in [1.54, 1.807) is 7.11 Å². The highest BCUT2D eigenvalue weighted by molar-refractivity contribution is 6.75. The van der Waals surface area contributed by atoms with Crippen LogP contribution in [0.5, 0.6) is 0 Å². The Bertz CT molecular complexity index is 234. The first kappa shape index (κ1) is 13.7. The Morgan fingerprint density at radius 2 is 1.81 bits per heavy atom. The number of ether oxygens (including phenoxy) is 1. The van der Waals surface area contributed by atoms with Gasteiger partial charge in [-0.25, -0.2) is 0 Å². The molecule has 0 N–H and O–H groups in total. The number of carbonyl (C=O) groups excluding carboxylic acids is 1. The van der Waals surface area contributed by atoms with Crippen LogP contribution in [0.4, 0.5) is 0 Å². The summed E-state index contributed by atoms with van der Waals surface area (Å²) in [6.07, 6.45) is 5.89. The van der Waals surface area contributed by atoms with Crippen molar-refractivity contribution < 1.29 is 14.0 Å². The summed E-state index contributed by atoms with van der Waals surface area (Å²) in [4.78, 5) is 11.9. The summed E-state index contributed by atoms with van der Waals surface area (Å²) in [5.41, 5.74) is -0.0839. The van der Waals surface area contributed by atoms with Crippen molar-refractivity contribution in [2.45, 2.75) is 63.8 Å². The number of hydrogen-bond acceptors (Lipinski definition) is 3. The van der Waals surface area contributed by atoms with E-state index in [0.29, 0.717) is 0 Å². The minimum absolute atomic E-state index is 0.0644. The summed E-state index contributed by atoms with van der Waals surface area (Å²) in [6, 6.07) is 0. The molecule has 0 aromatic rings. The van der Waals surface area contributed by atoms with Gasteiger partial charge in [0.25, 0.3) is 0 Å². The Hall–Kier alpha value is -0.353. The van der Waals surface area contributed by atoms with E-state index in [-0.39, 0.29) is 17.6 Å². The molecular weight excluding hydrogens is 220 g/mol. The second kappa shape index (κ2) is 5.82. The van der Waals surface area contributed by atoms with Crippen LogP contribution in [0.15, 0.2) is 0 Å². The zero-order valence-electron chi connectivity index (χ0n) is 10.9. The largest absolute Gasteiger partial charge is 0.462 e. The number of hydrogen-bond donors (Lipinski definition) is 0. The summed E-state index contributed by atoms with van der Waals surface area (Å²) < 4.78 is 11.0. The van der Waals surface area contributed by atoms with Crippen LogP contribution in [-0.2, 0) is 14.0 Å². The Kier molecular flexibility index (Phi) is 4.99. The quantitative estimate of drug-likeness (QED) is 0.563. The van der Waals surface area contributed by atoms with Crippen LogP contribution in [0.2, 0.25) is 18.6 Å². The lowest BCUT2D eigenvalue weighted by molar-refractivity contribution is -0.150. The van der Waals surface area contributed by atoms with Gasteiger partial charge < -0.3 is 9.16 Å². The molecule has 94 valence electrons. The predicted octanol–water partition coefficient (Wildman–Crippen LogP) is 3.10. The maximum absolute atomic E-state index is 11.9. The predicted molar refractivity (Wildman–Crippen MR) is 66.9 cm³/mol. The molecule has 1 aliphatic rings. The van der Waals surface area contributed by atoms with E-state index in [9.17, 15) is 4.79 Å². The van der Waals surface area contributed by atoms with Gasteiger partial charge in [0.15, 0.2) is 8.32 Å². The third-order valence-corrected chi connectivity index (χ3v) is 7.13. The summed E-state index contributed by atoms with van der Waals surface area (Å²) in [5, 5.41) is 0. The van der Waals surface area contributed by atoms with Gasteiger partial charge >= 0.3 is 5.97 Å². The maximum Gasteiger partial charge on any atom is 0.308 e. The third-order valence-electron chi connectivity index (χ3n) is 3.76. The molecule has 1 unspecified atom stereocenters. The Morgan fingerprint density at radius 3 is 2.31 bits per heavy atom. The monoisotopic (exact) mass is 244 g/mol. The van der Waals surface area contributed by atoms with E-state index in [4.69, 9.17) is 9.16 Å². The van der Waals surface area contributed by atoms with E-state index in [1.165, 1.54) is 19.3 Å². The molecule has 1 aliphatic carbocycles. The molecular formula is C12H24O3Si. The van der Waals surface area contributed by atoms with Gasteiger partial charge in [-0.3, -0.25) is 4.79 Å². The Labute approximate surface area is 99.6 Å². The molecule has 16 heavy (non-hydrogen) atoms. The van der Waals surface area contributed by atoms with Gasteiger partial charge in [-0.15, -0.1) is 0 Å². The third kappa shape index (κ3) is 3.59. The van der Waals surface area contributed by atoms with Crippen molar-refractivity contribution in [3.63, 3.8) is 0 Å². The lowest BCUT2D eigenvalue weighted by atomic mass is 9.98. The summed E-state index contributed by atoms with van der Waals surface area (Å²) in [5.74, 6) is -0.0644. The van der Waals surface area contributed by atoms with Crippen molar-refractivity contribution in [3.05, 3.63) is 0 Å². The first-order valence-electron chi connectivity index (χ1n) is 6.23. The van der Waals surface area contributed by atoms with Crippen molar-refractivity contribution in [3.8, 4) is 0 Å². The van der Waals surface area contributed by atoms with Crippen LogP contribution >= 0.6 is 0 Å². The van der Waals surface area contributed by atoms with Gasteiger partial charge in [0.1, 0.15) is 6.10 Å². The zero-order chi connectivity index (χ0) is 12.2. The maximum atomic E-state index is 11.9. The molecule has 0 aliphatic heterocycles. The molecule has 0 aromatic carbocycles. The number of esters is 1. The molecule has 0 saturated heterocycles. The van der Waals surface area contributed by atoms with Gasteiger partial charge in [0.05, 0.1) is 5.54 Å². The van der Waals surface area contributed by atoms with E-state index in [0.717, 1.165) is 12.8 Å². The summed E-state index contributed by atoms with van der Waals surface area (Å²) >= 11 is 0. The SMILES string of the molecule is CO[Si](C)(C)C(C)C(=O)OC1CCCCC1. The molecule has 0 radical (unpaired) electrons. The van der Waals surface area contributed by atoms with Crippen molar-refractivity contribution in [1.82, 2.24) is 0 Å². The van der Waals surface area contributed by atoms with Crippen LogP contribution < -0.4 is 0 Å². The normalized spacial score (nSPS) is 20.5. The minimum Gasteiger partial charge on any atom is -0.462 e. The standard InChI is InChI=1S/C12H24O3Si/c1-10(16(3,4)14-2)12(13)15-11-8-6-5-7-9-11/h10-11H,5-9H2,1-4H3. The van der Waals surface area contributed by atoms with Gasteiger partial charge in [0, 0.05) is 7.11 Å². The van der Waals surface area contributed by atoms with E-state index >= 15 is 0 Å². The van der Waals surface area contributed by atoms with Gasteiger partial charge in [0.2, 0.25) is 0 Å². The van der Waals surface area contributed by atoms with E-state index in [2.05, 4.69) is 13.1 Å². The highest BCUT2D eigenvalue weighted by Gasteiger charge is 2.36. The minimum atomic E-state index is -1.90. The van der Waals surface area contributed by atoms with Crippen molar-refractivity contribution in [2.24, 2.45) is 0 Å². The van der Waals surface area contributed by atoms with Crippen LogP contribution in [0.25, 0.3) is 0 Å². The lowest BCUT2D eigenvalue weighted by Crippen LogP contribution is -2.40. The fraction of sp³-hybridized carbons (Fsp3) is 0.917. The molecule has 0 aromatic heterocycles. The second-order valence-corrected chi connectivity index (χ2v) is 9.71. The van der Waals surface area contributed by atoms with E-state index in [1.807, 2.05) is 6.92 Å². The molecule has 0 amide bonds. The number of rotatable bonds is 4. The molecule has 0 heterocycles.